The van der Waals surface area contributed by atoms with Crippen LogP contribution in [-0.4, -0.2) is 37.9 Å². The molecule has 4 rings (SSSR count). The van der Waals surface area contributed by atoms with Gasteiger partial charge in [-0.2, -0.15) is 0 Å². The van der Waals surface area contributed by atoms with E-state index in [1.54, 1.807) is 6.07 Å². The molecule has 1 saturated carbocycles. The molecule has 1 amide bonds. The van der Waals surface area contributed by atoms with Crippen molar-refractivity contribution in [3.8, 4) is 0 Å². The molecule has 6 nitrogen and oxygen atoms in total. The number of aromatic amines is 1. The van der Waals surface area contributed by atoms with Crippen LogP contribution < -0.4 is 5.32 Å². The van der Waals surface area contributed by atoms with E-state index in [0.29, 0.717) is 27.7 Å². The quantitative estimate of drug-likeness (QED) is 0.711. The Morgan fingerprint density at radius 3 is 3.00 bits per heavy atom. The van der Waals surface area contributed by atoms with E-state index in [0.717, 1.165) is 18.4 Å². The van der Waals surface area contributed by atoms with Crippen molar-refractivity contribution in [2.75, 3.05) is 5.75 Å². The number of hydrogen-bond acceptors (Lipinski definition) is 5. The third kappa shape index (κ3) is 3.06. The van der Waals surface area contributed by atoms with Gasteiger partial charge in [0.15, 0.2) is 5.65 Å². The van der Waals surface area contributed by atoms with Crippen molar-refractivity contribution < 1.29 is 9.18 Å². The Morgan fingerprint density at radius 1 is 1.33 bits per heavy atom. The molecule has 2 aromatic heterocycles. The summed E-state index contributed by atoms with van der Waals surface area (Å²) in [4.78, 5) is 19.4. The molecule has 1 aliphatic carbocycles. The molecule has 2 N–H and O–H groups in total. The molecule has 3 aromatic rings. The van der Waals surface area contributed by atoms with Crippen molar-refractivity contribution in [2.45, 2.75) is 36.9 Å². The molecule has 0 spiro atoms. The zero-order valence-corrected chi connectivity index (χ0v) is 13.7. The molecule has 0 aliphatic heterocycles. The molecule has 1 fully saturated rings. The summed E-state index contributed by atoms with van der Waals surface area (Å²) >= 11 is 1.25. The maximum atomic E-state index is 13.4. The number of carbonyl (C=O) groups is 1. The van der Waals surface area contributed by atoms with E-state index < -0.39 is 0 Å². The number of thioether (sulfide) groups is 1. The maximum absolute atomic E-state index is 13.4. The van der Waals surface area contributed by atoms with Crippen LogP contribution in [0.3, 0.4) is 0 Å². The molecular formula is C16H16FN5OS. The van der Waals surface area contributed by atoms with E-state index in [9.17, 15) is 9.18 Å². The SMILES string of the molecule is O=C(CSc1nnc2c(n1)[nH]c1ccc(F)cc12)NC1CCCC1. The molecule has 2 heterocycles. The smallest absolute Gasteiger partial charge is 0.230 e. The third-order valence-corrected chi connectivity index (χ3v) is 5.05. The molecule has 124 valence electrons. The summed E-state index contributed by atoms with van der Waals surface area (Å²) < 4.78 is 13.4. The zero-order valence-electron chi connectivity index (χ0n) is 12.9. The Hall–Kier alpha value is -2.22. The molecule has 24 heavy (non-hydrogen) atoms. The average molecular weight is 345 g/mol. The summed E-state index contributed by atoms with van der Waals surface area (Å²) in [5.41, 5.74) is 1.84. The molecule has 0 bridgehead atoms. The van der Waals surface area contributed by atoms with Crippen molar-refractivity contribution in [2.24, 2.45) is 0 Å². The molecule has 8 heteroatoms. The second-order valence-electron chi connectivity index (χ2n) is 5.94. The van der Waals surface area contributed by atoms with Gasteiger partial charge in [0.1, 0.15) is 11.3 Å². The molecule has 1 aromatic carbocycles. The standard InChI is InChI=1S/C16H16FN5OS/c17-9-5-6-12-11(7-9)14-15(19-12)20-16(22-21-14)24-8-13(23)18-10-3-1-2-4-10/h5-7,10H,1-4,8H2,(H,18,23)(H,19,20,22). The van der Waals surface area contributed by atoms with Gasteiger partial charge in [0.05, 0.1) is 5.75 Å². The van der Waals surface area contributed by atoms with Crippen LogP contribution in [0.4, 0.5) is 4.39 Å². The van der Waals surface area contributed by atoms with E-state index >= 15 is 0 Å². The van der Waals surface area contributed by atoms with Crippen LogP contribution in [0.25, 0.3) is 22.1 Å². The summed E-state index contributed by atoms with van der Waals surface area (Å²) in [7, 11) is 0. The van der Waals surface area contributed by atoms with Crippen LogP contribution in [0.15, 0.2) is 23.4 Å². The first-order valence-electron chi connectivity index (χ1n) is 7.93. The number of carbonyl (C=O) groups excluding carboxylic acids is 1. The number of fused-ring (bicyclic) bond motifs is 3. The second-order valence-corrected chi connectivity index (χ2v) is 6.89. The number of amides is 1. The van der Waals surface area contributed by atoms with Gasteiger partial charge in [-0.1, -0.05) is 24.6 Å². The minimum absolute atomic E-state index is 0.00526. The van der Waals surface area contributed by atoms with E-state index in [2.05, 4.69) is 25.5 Å². The molecule has 1 aliphatic rings. The lowest BCUT2D eigenvalue weighted by Crippen LogP contribution is -2.33. The van der Waals surface area contributed by atoms with Gasteiger partial charge in [-0.3, -0.25) is 4.79 Å². The number of hydrogen-bond donors (Lipinski definition) is 2. The van der Waals surface area contributed by atoms with Crippen LogP contribution >= 0.6 is 11.8 Å². The normalized spacial score (nSPS) is 15.4. The Labute approximate surface area is 141 Å². The average Bonchev–Trinajstić information content (AvgIpc) is 3.19. The van der Waals surface area contributed by atoms with Crippen LogP contribution in [0, 0.1) is 5.82 Å². The van der Waals surface area contributed by atoms with Crippen LogP contribution in [-0.2, 0) is 4.79 Å². The van der Waals surface area contributed by atoms with Crippen molar-refractivity contribution in [3.05, 3.63) is 24.0 Å². The summed E-state index contributed by atoms with van der Waals surface area (Å²) in [6, 6.07) is 4.75. The first kappa shape index (κ1) is 15.3. The summed E-state index contributed by atoms with van der Waals surface area (Å²) in [6.07, 6.45) is 4.49. The van der Waals surface area contributed by atoms with Gasteiger partial charge in [0.25, 0.3) is 0 Å². The number of aromatic nitrogens is 4. The van der Waals surface area contributed by atoms with Crippen molar-refractivity contribution in [3.63, 3.8) is 0 Å². The first-order chi connectivity index (χ1) is 11.7. The highest BCUT2D eigenvalue weighted by atomic mass is 32.2. The number of nitrogens with one attached hydrogen (secondary N) is 2. The fourth-order valence-electron chi connectivity index (χ4n) is 3.06. The van der Waals surface area contributed by atoms with Crippen molar-refractivity contribution in [1.29, 1.82) is 0 Å². The monoisotopic (exact) mass is 345 g/mol. The Balaban J connectivity index is 1.48. The first-order valence-corrected chi connectivity index (χ1v) is 8.91. The van der Waals surface area contributed by atoms with Crippen molar-refractivity contribution in [1.82, 2.24) is 25.5 Å². The Morgan fingerprint density at radius 2 is 2.17 bits per heavy atom. The van der Waals surface area contributed by atoms with E-state index in [-0.39, 0.29) is 17.5 Å². The summed E-state index contributed by atoms with van der Waals surface area (Å²) in [5, 5.41) is 12.3. The van der Waals surface area contributed by atoms with Gasteiger partial charge in [0, 0.05) is 16.9 Å². The number of rotatable bonds is 4. The molecule has 0 unspecified atom stereocenters. The lowest BCUT2D eigenvalue weighted by molar-refractivity contribution is -0.119. The van der Waals surface area contributed by atoms with Gasteiger partial charge in [-0.15, -0.1) is 10.2 Å². The Kier molecular flexibility index (Phi) is 4.05. The predicted molar refractivity (Wildman–Crippen MR) is 90.3 cm³/mol. The van der Waals surface area contributed by atoms with Gasteiger partial charge in [-0.05, 0) is 31.0 Å². The molecule has 0 radical (unpaired) electrons. The van der Waals surface area contributed by atoms with Gasteiger partial charge in [0.2, 0.25) is 11.1 Å². The van der Waals surface area contributed by atoms with E-state index in [1.807, 2.05) is 0 Å². The fraction of sp³-hybridized carbons (Fsp3) is 0.375. The molecule has 0 atom stereocenters. The van der Waals surface area contributed by atoms with Gasteiger partial charge in [-0.25, -0.2) is 9.37 Å². The number of benzene rings is 1. The fourth-order valence-corrected chi connectivity index (χ4v) is 3.66. The zero-order chi connectivity index (χ0) is 16.5. The largest absolute Gasteiger partial charge is 0.353 e. The van der Waals surface area contributed by atoms with Gasteiger partial charge >= 0.3 is 0 Å². The summed E-state index contributed by atoms with van der Waals surface area (Å²) in [5.74, 6) is -0.0695. The highest BCUT2D eigenvalue weighted by Crippen LogP contribution is 2.24. The predicted octanol–water partition coefficient (Wildman–Crippen LogP) is 2.80. The highest BCUT2D eigenvalue weighted by molar-refractivity contribution is 7.99. The van der Waals surface area contributed by atoms with Crippen molar-refractivity contribution >= 4 is 39.7 Å². The Bertz CT molecular complexity index is 906. The number of H-pyrrole nitrogens is 1. The second kappa shape index (κ2) is 6.35. The number of halogens is 1. The highest BCUT2D eigenvalue weighted by Gasteiger charge is 2.17. The van der Waals surface area contributed by atoms with Crippen LogP contribution in [0.5, 0.6) is 0 Å². The van der Waals surface area contributed by atoms with E-state index in [4.69, 9.17) is 0 Å². The minimum Gasteiger partial charge on any atom is -0.353 e. The minimum atomic E-state index is -0.327. The van der Waals surface area contributed by atoms with Gasteiger partial charge < -0.3 is 10.3 Å². The topological polar surface area (TPSA) is 83.6 Å². The van der Waals surface area contributed by atoms with Crippen LogP contribution in [0.2, 0.25) is 0 Å². The lowest BCUT2D eigenvalue weighted by atomic mass is 10.2. The van der Waals surface area contributed by atoms with Crippen LogP contribution in [0.1, 0.15) is 25.7 Å². The molecule has 0 saturated heterocycles. The third-order valence-electron chi connectivity index (χ3n) is 4.21. The summed E-state index contributed by atoms with van der Waals surface area (Å²) in [6.45, 7) is 0. The lowest BCUT2D eigenvalue weighted by Gasteiger charge is -2.10. The number of nitrogens with zero attached hydrogens (tertiary/aromatic N) is 3. The molecular weight excluding hydrogens is 329 g/mol. The maximum Gasteiger partial charge on any atom is 0.230 e. The van der Waals surface area contributed by atoms with E-state index in [1.165, 1.54) is 36.7 Å².